The fourth-order valence-corrected chi connectivity index (χ4v) is 9.49. The summed E-state index contributed by atoms with van der Waals surface area (Å²) in [4.78, 5) is 58.6. The zero-order valence-electron chi connectivity index (χ0n) is 33.5. The zero-order valence-corrected chi connectivity index (χ0v) is 33.5. The number of imidazole rings is 2. The summed E-state index contributed by atoms with van der Waals surface area (Å²) in [7, 11) is 1.29. The molecular formula is C45H52N8O5. The molecule has 5 aromatic rings. The molecule has 3 aromatic heterocycles. The number of nitrogens with one attached hydrogen (secondary N) is 4. The minimum absolute atomic E-state index is 0.103. The van der Waals surface area contributed by atoms with Gasteiger partial charge in [-0.1, -0.05) is 50.6 Å². The SMILES string of the molecule is COC(=O)NC(C(=O)N1CCCC1c1ncc(-c2ccc3c(c2)[C@](C)(O)c2cc(-c4cnc[nH]4)ccc2-3)[nH]1)C(C)C.O=C(NCc1cccnc1)[C@H]1CC2CCC1C2. The second kappa shape index (κ2) is 16.2. The smallest absolute Gasteiger partial charge is 0.407 e. The van der Waals surface area contributed by atoms with Crippen LogP contribution < -0.4 is 10.6 Å². The molecule has 0 spiro atoms. The van der Waals surface area contributed by atoms with Crippen LogP contribution >= 0.6 is 0 Å². The van der Waals surface area contributed by atoms with Crippen molar-refractivity contribution in [2.45, 2.75) is 83.5 Å². The Balaban J connectivity index is 0.000000229. The van der Waals surface area contributed by atoms with E-state index in [1.54, 1.807) is 36.0 Å². The fraction of sp³-hybridized carbons (Fsp3) is 0.422. The van der Waals surface area contributed by atoms with Gasteiger partial charge in [0.25, 0.3) is 0 Å². The number of H-pyrrole nitrogens is 2. The van der Waals surface area contributed by atoms with E-state index < -0.39 is 17.7 Å². The molecule has 2 bridgehead atoms. The lowest BCUT2D eigenvalue weighted by atomic mass is 9.88. The Morgan fingerprint density at radius 2 is 1.72 bits per heavy atom. The molecule has 4 unspecified atom stereocenters. The molecule has 3 aliphatic carbocycles. The van der Waals surface area contributed by atoms with Gasteiger partial charge in [-0.3, -0.25) is 14.6 Å². The van der Waals surface area contributed by atoms with Gasteiger partial charge in [0.2, 0.25) is 11.8 Å². The summed E-state index contributed by atoms with van der Waals surface area (Å²) in [6.45, 7) is 6.82. The van der Waals surface area contributed by atoms with E-state index in [1.807, 2.05) is 69.3 Å². The van der Waals surface area contributed by atoms with E-state index in [1.165, 1.54) is 26.4 Å². The Labute approximate surface area is 338 Å². The topological polar surface area (TPSA) is 178 Å². The van der Waals surface area contributed by atoms with E-state index in [0.717, 1.165) is 75.5 Å². The van der Waals surface area contributed by atoms with Crippen LogP contribution in [0, 0.1) is 23.7 Å². The van der Waals surface area contributed by atoms with Crippen molar-refractivity contribution < 1.29 is 24.2 Å². The van der Waals surface area contributed by atoms with Gasteiger partial charge < -0.3 is 35.3 Å². The summed E-state index contributed by atoms with van der Waals surface area (Å²) in [6.07, 6.45) is 14.7. The minimum atomic E-state index is -1.17. The maximum absolute atomic E-state index is 13.5. The first kappa shape index (κ1) is 39.0. The third-order valence-electron chi connectivity index (χ3n) is 12.6. The van der Waals surface area contributed by atoms with E-state index in [4.69, 9.17) is 4.74 Å². The van der Waals surface area contributed by atoms with Crippen LogP contribution in [0.15, 0.2) is 79.6 Å². The van der Waals surface area contributed by atoms with Crippen molar-refractivity contribution in [2.75, 3.05) is 13.7 Å². The first-order chi connectivity index (χ1) is 28.0. The molecule has 302 valence electrons. The highest BCUT2D eigenvalue weighted by molar-refractivity contribution is 5.87. The first-order valence-corrected chi connectivity index (χ1v) is 20.4. The van der Waals surface area contributed by atoms with Crippen LogP contribution in [0.25, 0.3) is 33.6 Å². The number of aromatic nitrogens is 5. The number of aliphatic hydroxyl groups is 1. The Bertz CT molecular complexity index is 2270. The maximum atomic E-state index is 13.5. The summed E-state index contributed by atoms with van der Waals surface area (Å²) in [6, 6.07) is 15.2. The molecular weight excluding hydrogens is 733 g/mol. The van der Waals surface area contributed by atoms with Crippen molar-refractivity contribution in [1.82, 2.24) is 40.5 Å². The monoisotopic (exact) mass is 784 g/mol. The van der Waals surface area contributed by atoms with Gasteiger partial charge in [-0.2, -0.15) is 0 Å². The summed E-state index contributed by atoms with van der Waals surface area (Å²) < 4.78 is 4.74. The van der Waals surface area contributed by atoms with Crippen molar-refractivity contribution in [3.8, 4) is 33.6 Å². The number of alkyl carbamates (subject to hydrolysis) is 1. The lowest BCUT2D eigenvalue weighted by Gasteiger charge is -2.30. The van der Waals surface area contributed by atoms with Crippen LogP contribution in [0.1, 0.15) is 87.9 Å². The molecule has 6 atom stereocenters. The van der Waals surface area contributed by atoms with Crippen LogP contribution in [0.3, 0.4) is 0 Å². The average Bonchev–Trinajstić information content (AvgIpc) is 4.11. The fourth-order valence-electron chi connectivity index (χ4n) is 9.49. The summed E-state index contributed by atoms with van der Waals surface area (Å²) in [5.41, 5.74) is 7.14. The van der Waals surface area contributed by atoms with Crippen LogP contribution in [-0.4, -0.2) is 72.5 Å². The average molecular weight is 785 g/mol. The molecule has 4 heterocycles. The predicted octanol–water partition coefficient (Wildman–Crippen LogP) is 6.88. The van der Waals surface area contributed by atoms with Gasteiger partial charge >= 0.3 is 6.09 Å². The third-order valence-corrected chi connectivity index (χ3v) is 12.6. The largest absolute Gasteiger partial charge is 0.453 e. The second-order valence-electron chi connectivity index (χ2n) is 16.6. The number of amides is 3. The number of carbonyl (C=O) groups excluding carboxylic acids is 3. The predicted molar refractivity (Wildman–Crippen MR) is 219 cm³/mol. The Kier molecular flexibility index (Phi) is 10.9. The number of nitrogens with zero attached hydrogens (tertiary/aromatic N) is 4. The number of methoxy groups -OCH3 is 1. The van der Waals surface area contributed by atoms with E-state index in [9.17, 15) is 19.5 Å². The minimum Gasteiger partial charge on any atom is -0.453 e. The van der Waals surface area contributed by atoms with Gasteiger partial charge in [0.15, 0.2) is 0 Å². The van der Waals surface area contributed by atoms with Crippen LogP contribution in [0.2, 0.25) is 0 Å². The molecule has 2 aromatic carbocycles. The van der Waals surface area contributed by atoms with Gasteiger partial charge in [0.05, 0.1) is 43.3 Å². The molecule has 3 fully saturated rings. The van der Waals surface area contributed by atoms with Crippen LogP contribution in [-0.2, 0) is 26.5 Å². The highest BCUT2D eigenvalue weighted by Gasteiger charge is 2.43. The Hall–Kier alpha value is -5.82. The molecule has 1 saturated heterocycles. The van der Waals surface area contributed by atoms with E-state index in [2.05, 4.69) is 35.6 Å². The summed E-state index contributed by atoms with van der Waals surface area (Å²) in [5.74, 6) is 2.47. The normalized spacial score (nSPS) is 23.2. The highest BCUT2D eigenvalue weighted by atomic mass is 16.5. The van der Waals surface area contributed by atoms with Crippen molar-refractivity contribution in [3.63, 3.8) is 0 Å². The van der Waals surface area contributed by atoms with Crippen molar-refractivity contribution in [2.24, 2.45) is 23.7 Å². The van der Waals surface area contributed by atoms with Gasteiger partial charge in [-0.05, 0) is 114 Å². The Morgan fingerprint density at radius 3 is 2.34 bits per heavy atom. The first-order valence-electron chi connectivity index (χ1n) is 20.4. The van der Waals surface area contributed by atoms with Crippen molar-refractivity contribution >= 4 is 17.9 Å². The van der Waals surface area contributed by atoms with Crippen LogP contribution in [0.4, 0.5) is 4.79 Å². The van der Waals surface area contributed by atoms with Gasteiger partial charge in [-0.15, -0.1) is 0 Å². The molecule has 4 aliphatic rings. The molecule has 13 nitrogen and oxygen atoms in total. The molecule has 9 rings (SSSR count). The quantitative estimate of drug-likeness (QED) is 0.107. The number of benzene rings is 2. The van der Waals surface area contributed by atoms with Gasteiger partial charge in [0.1, 0.15) is 17.5 Å². The van der Waals surface area contributed by atoms with Gasteiger partial charge in [-0.25, -0.2) is 14.8 Å². The lowest BCUT2D eigenvalue weighted by Crippen LogP contribution is -2.51. The van der Waals surface area contributed by atoms with E-state index >= 15 is 0 Å². The highest BCUT2D eigenvalue weighted by Crippen LogP contribution is 2.50. The zero-order chi connectivity index (χ0) is 40.6. The van der Waals surface area contributed by atoms with Crippen molar-refractivity contribution in [1.29, 1.82) is 0 Å². The molecule has 58 heavy (non-hydrogen) atoms. The number of rotatable bonds is 9. The molecule has 13 heteroatoms. The van der Waals surface area contributed by atoms with E-state index in [-0.39, 0.29) is 29.7 Å². The standard InChI is InChI=1S/C31H34N6O4.C14H18N2O/c1-17(2)27(36-30(39)41-4)29(38)37-11-5-6-26(37)28-33-15-25(35-28)19-8-10-21-20-9-7-18(24-14-32-16-34-24)12-22(20)31(3,40)23(21)13-19;17-14(13-7-10-3-4-12(13)6-10)16-9-11-2-1-5-15-8-11/h7-10,12-17,26-27,40H,5-6,11H2,1-4H3,(H,32,34)(H,33,35)(H,36,39);1-2,5,8,10,12-13H,3-4,6-7,9H2,(H,16,17)/t26?,27?,31-;10?,12?,13-/m10/s1. The number of likely N-dealkylation sites (tertiary alicyclic amines) is 1. The molecule has 1 aliphatic heterocycles. The third kappa shape index (κ3) is 7.62. The summed E-state index contributed by atoms with van der Waals surface area (Å²) in [5, 5.41) is 17.4. The number of fused-ring (bicyclic) bond motifs is 5. The number of hydrogen-bond donors (Lipinski definition) is 5. The van der Waals surface area contributed by atoms with E-state index in [0.29, 0.717) is 24.8 Å². The Morgan fingerprint density at radius 1 is 0.966 bits per heavy atom. The van der Waals surface area contributed by atoms with Crippen molar-refractivity contribution in [3.05, 3.63) is 102 Å². The number of carbonyl (C=O) groups is 3. The maximum Gasteiger partial charge on any atom is 0.407 e. The number of hydrogen-bond acceptors (Lipinski definition) is 8. The second-order valence-corrected chi connectivity index (χ2v) is 16.6. The molecule has 5 N–H and O–H groups in total. The number of aromatic amines is 2. The van der Waals surface area contributed by atoms with Gasteiger partial charge in [0, 0.05) is 31.4 Å². The summed E-state index contributed by atoms with van der Waals surface area (Å²) >= 11 is 0. The number of pyridine rings is 1. The molecule has 0 radical (unpaired) electrons. The molecule has 2 saturated carbocycles. The van der Waals surface area contributed by atoms with Crippen LogP contribution in [0.5, 0.6) is 0 Å². The molecule has 3 amide bonds. The number of ether oxygens (including phenoxy) is 1. The lowest BCUT2D eigenvalue weighted by molar-refractivity contribution is -0.135.